The second-order valence-electron chi connectivity index (χ2n) is 6.63. The second-order valence-corrected chi connectivity index (χ2v) is 6.63. The highest BCUT2D eigenvalue weighted by atomic mass is 16.2. The molecule has 1 aliphatic rings. The topological polar surface area (TPSA) is 76.0 Å². The molecular formula is C21H24N4O2. The van der Waals surface area contributed by atoms with E-state index in [0.717, 1.165) is 24.1 Å². The molecule has 0 unspecified atom stereocenters. The van der Waals surface area contributed by atoms with Crippen LogP contribution in [0.4, 0.5) is 0 Å². The molecule has 0 fully saturated rings. The molecule has 0 atom stereocenters. The van der Waals surface area contributed by atoms with Crippen LogP contribution in [0.15, 0.2) is 59.7 Å². The highest BCUT2D eigenvalue weighted by molar-refractivity contribution is 5.96. The number of hydrogen-bond acceptors (Lipinski definition) is 3. The normalized spacial score (nSPS) is 13.6. The third-order valence-corrected chi connectivity index (χ3v) is 4.57. The van der Waals surface area contributed by atoms with Crippen LogP contribution in [0.3, 0.4) is 0 Å². The van der Waals surface area contributed by atoms with Crippen LogP contribution in [-0.2, 0) is 11.3 Å². The molecule has 6 nitrogen and oxygen atoms in total. The molecule has 1 aromatic carbocycles. The van der Waals surface area contributed by atoms with Crippen molar-refractivity contribution >= 4 is 11.8 Å². The van der Waals surface area contributed by atoms with E-state index in [1.807, 2.05) is 30.3 Å². The van der Waals surface area contributed by atoms with Gasteiger partial charge in [0.2, 0.25) is 5.91 Å². The van der Waals surface area contributed by atoms with Crippen LogP contribution in [0.5, 0.6) is 0 Å². The Morgan fingerprint density at radius 2 is 1.93 bits per heavy atom. The van der Waals surface area contributed by atoms with Crippen molar-refractivity contribution in [2.75, 3.05) is 13.6 Å². The van der Waals surface area contributed by atoms with Gasteiger partial charge in [-0.1, -0.05) is 48.1 Å². The van der Waals surface area contributed by atoms with E-state index in [2.05, 4.69) is 34.8 Å². The summed E-state index contributed by atoms with van der Waals surface area (Å²) in [6.45, 7) is 2.61. The van der Waals surface area contributed by atoms with Crippen LogP contribution >= 0.6 is 0 Å². The molecule has 2 amide bonds. The maximum Gasteiger partial charge on any atom is 0.270 e. The van der Waals surface area contributed by atoms with E-state index in [-0.39, 0.29) is 18.4 Å². The van der Waals surface area contributed by atoms with Crippen LogP contribution in [-0.4, -0.2) is 35.2 Å². The molecule has 0 spiro atoms. The van der Waals surface area contributed by atoms with Crippen molar-refractivity contribution in [3.8, 4) is 11.3 Å². The smallest absolute Gasteiger partial charge is 0.270 e. The van der Waals surface area contributed by atoms with Crippen molar-refractivity contribution in [1.82, 2.24) is 20.4 Å². The van der Waals surface area contributed by atoms with Crippen molar-refractivity contribution in [2.45, 2.75) is 26.3 Å². The van der Waals surface area contributed by atoms with E-state index in [9.17, 15) is 9.59 Å². The molecule has 0 aliphatic heterocycles. The van der Waals surface area contributed by atoms with Gasteiger partial charge >= 0.3 is 0 Å². The summed E-state index contributed by atoms with van der Waals surface area (Å²) in [5.41, 5.74) is 4.72. The van der Waals surface area contributed by atoms with Crippen LogP contribution in [0.1, 0.15) is 30.3 Å². The van der Waals surface area contributed by atoms with E-state index in [1.54, 1.807) is 10.7 Å². The van der Waals surface area contributed by atoms with Gasteiger partial charge in [-0.05, 0) is 31.4 Å². The summed E-state index contributed by atoms with van der Waals surface area (Å²) in [6.07, 6.45) is 6.21. The molecule has 140 valence electrons. The number of aromatic nitrogens is 2. The predicted molar refractivity (Wildman–Crippen MR) is 105 cm³/mol. The van der Waals surface area contributed by atoms with Crippen LogP contribution < -0.4 is 10.6 Å². The largest absolute Gasteiger partial charge is 0.358 e. The maximum atomic E-state index is 12.6. The minimum Gasteiger partial charge on any atom is -0.358 e. The SMILES string of the molecule is CNC(=O)CNC(=O)c1cc(-c2ccccc2)nn1CC1=CC=C(C)CC1. The number of allylic oxidation sites excluding steroid dienone is 4. The summed E-state index contributed by atoms with van der Waals surface area (Å²) in [4.78, 5) is 24.1. The first kappa shape index (κ1) is 18.6. The van der Waals surface area contributed by atoms with Gasteiger partial charge in [0.1, 0.15) is 5.69 Å². The van der Waals surface area contributed by atoms with Crippen molar-refractivity contribution in [2.24, 2.45) is 0 Å². The number of hydrogen-bond donors (Lipinski definition) is 2. The molecule has 3 rings (SSSR count). The summed E-state index contributed by atoms with van der Waals surface area (Å²) >= 11 is 0. The number of rotatable bonds is 6. The zero-order valence-corrected chi connectivity index (χ0v) is 15.7. The summed E-state index contributed by atoms with van der Waals surface area (Å²) in [5.74, 6) is -0.551. The molecule has 2 aromatic rings. The van der Waals surface area contributed by atoms with Gasteiger partial charge in [-0.15, -0.1) is 0 Å². The van der Waals surface area contributed by atoms with Crippen LogP contribution in [0.2, 0.25) is 0 Å². The summed E-state index contributed by atoms with van der Waals surface area (Å²) in [5, 5.41) is 9.81. The Morgan fingerprint density at radius 1 is 1.15 bits per heavy atom. The molecule has 2 N–H and O–H groups in total. The van der Waals surface area contributed by atoms with Crippen LogP contribution in [0, 0.1) is 0 Å². The number of amides is 2. The fraction of sp³-hybridized carbons (Fsp3) is 0.286. The van der Waals surface area contributed by atoms with E-state index in [1.165, 1.54) is 18.2 Å². The monoisotopic (exact) mass is 364 g/mol. The van der Waals surface area contributed by atoms with Gasteiger partial charge in [0.15, 0.2) is 0 Å². The standard InChI is InChI=1S/C21H24N4O2/c1-15-8-10-16(11-9-15)14-25-19(21(27)23-13-20(26)22-2)12-18(24-25)17-6-4-3-5-7-17/h3-8,10,12H,9,11,13-14H2,1-2H3,(H,22,26)(H,23,27). The Balaban J connectivity index is 1.88. The lowest BCUT2D eigenvalue weighted by Crippen LogP contribution is -2.36. The predicted octanol–water partition coefficient (Wildman–Crippen LogP) is 2.69. The highest BCUT2D eigenvalue weighted by Crippen LogP contribution is 2.23. The van der Waals surface area contributed by atoms with E-state index in [4.69, 9.17) is 0 Å². The first-order valence-corrected chi connectivity index (χ1v) is 9.04. The molecule has 1 aliphatic carbocycles. The Hall–Kier alpha value is -3.15. The fourth-order valence-corrected chi connectivity index (χ4v) is 2.92. The van der Waals surface area contributed by atoms with Gasteiger partial charge in [-0.3, -0.25) is 14.3 Å². The average molecular weight is 364 g/mol. The van der Waals surface area contributed by atoms with Crippen molar-refractivity contribution in [3.63, 3.8) is 0 Å². The third kappa shape index (κ3) is 4.73. The number of nitrogens with one attached hydrogen (secondary N) is 2. The molecule has 1 heterocycles. The molecule has 1 aromatic heterocycles. The number of nitrogens with zero attached hydrogens (tertiary/aromatic N) is 2. The third-order valence-electron chi connectivity index (χ3n) is 4.57. The van der Waals surface area contributed by atoms with Gasteiger partial charge in [0, 0.05) is 12.6 Å². The lowest BCUT2D eigenvalue weighted by atomic mass is 9.99. The summed E-state index contributed by atoms with van der Waals surface area (Å²) < 4.78 is 1.72. The van der Waals surface area contributed by atoms with E-state index in [0.29, 0.717) is 12.2 Å². The first-order chi connectivity index (χ1) is 13.1. The number of benzene rings is 1. The Labute approximate surface area is 159 Å². The lowest BCUT2D eigenvalue weighted by Gasteiger charge is -2.14. The van der Waals surface area contributed by atoms with Gasteiger partial charge < -0.3 is 10.6 Å². The first-order valence-electron chi connectivity index (χ1n) is 9.04. The molecular weight excluding hydrogens is 340 g/mol. The Morgan fingerprint density at radius 3 is 2.59 bits per heavy atom. The van der Waals surface area contributed by atoms with Gasteiger partial charge in [0.05, 0.1) is 18.8 Å². The molecule has 6 heteroatoms. The molecule has 0 saturated carbocycles. The maximum absolute atomic E-state index is 12.6. The zero-order chi connectivity index (χ0) is 19.2. The minimum atomic E-state index is -0.309. The Kier molecular flexibility index (Phi) is 5.86. The van der Waals surface area contributed by atoms with Gasteiger partial charge in [0.25, 0.3) is 5.91 Å². The van der Waals surface area contributed by atoms with Gasteiger partial charge in [-0.25, -0.2) is 0 Å². The minimum absolute atomic E-state index is 0.0637. The summed E-state index contributed by atoms with van der Waals surface area (Å²) in [6, 6.07) is 11.5. The molecule has 27 heavy (non-hydrogen) atoms. The van der Waals surface area contributed by atoms with E-state index < -0.39 is 0 Å². The average Bonchev–Trinajstić information content (AvgIpc) is 3.12. The Bertz CT molecular complexity index is 894. The molecule has 0 bridgehead atoms. The highest BCUT2D eigenvalue weighted by Gasteiger charge is 2.18. The number of carbonyl (C=O) groups is 2. The lowest BCUT2D eigenvalue weighted by molar-refractivity contribution is -0.119. The van der Waals surface area contributed by atoms with Crippen LogP contribution in [0.25, 0.3) is 11.3 Å². The molecule has 0 saturated heterocycles. The van der Waals surface area contributed by atoms with Crippen molar-refractivity contribution in [3.05, 3.63) is 65.4 Å². The van der Waals surface area contributed by atoms with Crippen molar-refractivity contribution in [1.29, 1.82) is 0 Å². The van der Waals surface area contributed by atoms with Gasteiger partial charge in [-0.2, -0.15) is 5.10 Å². The van der Waals surface area contributed by atoms with E-state index >= 15 is 0 Å². The van der Waals surface area contributed by atoms with Crippen molar-refractivity contribution < 1.29 is 9.59 Å². The second kappa shape index (κ2) is 8.49. The molecule has 0 radical (unpaired) electrons. The summed E-state index contributed by atoms with van der Waals surface area (Å²) in [7, 11) is 1.54. The number of likely N-dealkylation sites (N-methyl/N-ethyl adjacent to an activating group) is 1. The fourth-order valence-electron chi connectivity index (χ4n) is 2.92. The quantitative estimate of drug-likeness (QED) is 0.827. The number of carbonyl (C=O) groups excluding carboxylic acids is 2. The zero-order valence-electron chi connectivity index (χ0n) is 15.7.